The van der Waals surface area contributed by atoms with Gasteiger partial charge in [0.1, 0.15) is 0 Å². The number of benzene rings is 2. The van der Waals surface area contributed by atoms with Gasteiger partial charge in [0.2, 0.25) is 18.6 Å². The molecule has 4 rings (SSSR count). The summed E-state index contributed by atoms with van der Waals surface area (Å²) < 4.78 is 11.0. The summed E-state index contributed by atoms with van der Waals surface area (Å²) in [7, 11) is 0. The summed E-state index contributed by atoms with van der Waals surface area (Å²) in [5.74, 6) is -0.970. The lowest BCUT2D eigenvalue weighted by Crippen LogP contribution is -2.46. The van der Waals surface area contributed by atoms with E-state index in [1.165, 1.54) is 6.92 Å². The Kier molecular flexibility index (Phi) is 10.2. The molecule has 2 amide bonds. The fourth-order valence-corrected chi connectivity index (χ4v) is 5.98. The Morgan fingerprint density at radius 1 is 1.07 bits per heavy atom. The monoisotopic (exact) mass is 566 g/mol. The average molecular weight is 567 g/mol. The van der Waals surface area contributed by atoms with Crippen molar-refractivity contribution in [1.29, 1.82) is 0 Å². The van der Waals surface area contributed by atoms with Gasteiger partial charge in [-0.2, -0.15) is 0 Å². The smallest absolute Gasteiger partial charge is 0.308 e. The van der Waals surface area contributed by atoms with Crippen LogP contribution in [0.25, 0.3) is 0 Å². The first-order chi connectivity index (χ1) is 19.8. The van der Waals surface area contributed by atoms with Crippen molar-refractivity contribution in [3.63, 3.8) is 0 Å². The van der Waals surface area contributed by atoms with E-state index in [0.29, 0.717) is 50.6 Å². The van der Waals surface area contributed by atoms with Gasteiger partial charge >= 0.3 is 5.97 Å². The molecule has 2 aliphatic heterocycles. The zero-order valence-corrected chi connectivity index (χ0v) is 24.3. The van der Waals surface area contributed by atoms with Gasteiger partial charge in [-0.15, -0.1) is 0 Å². The molecular weight excluding hydrogens is 524 g/mol. The zero-order chi connectivity index (χ0) is 29.5. The van der Waals surface area contributed by atoms with Gasteiger partial charge < -0.3 is 30.1 Å². The van der Waals surface area contributed by atoms with E-state index in [2.05, 4.69) is 6.92 Å². The molecule has 1 saturated heterocycles. The fourth-order valence-electron chi connectivity index (χ4n) is 5.98. The van der Waals surface area contributed by atoms with Gasteiger partial charge in [-0.05, 0) is 55.2 Å². The van der Waals surface area contributed by atoms with E-state index in [0.717, 1.165) is 29.7 Å². The lowest BCUT2D eigenvalue weighted by atomic mass is 9.84. The van der Waals surface area contributed by atoms with E-state index >= 15 is 0 Å². The van der Waals surface area contributed by atoms with Crippen molar-refractivity contribution in [3.05, 3.63) is 53.6 Å². The number of carboxylic acid groups (broad SMARTS) is 1. The zero-order valence-electron chi connectivity index (χ0n) is 24.3. The normalized spacial score (nSPS) is 19.8. The third-order valence-corrected chi connectivity index (χ3v) is 8.21. The van der Waals surface area contributed by atoms with Crippen LogP contribution in [0.1, 0.15) is 57.1 Å². The van der Waals surface area contributed by atoms with E-state index in [-0.39, 0.29) is 31.1 Å². The minimum absolute atomic E-state index is 0.0576. The number of aliphatic carboxylic acids is 1. The molecule has 0 aromatic heterocycles. The van der Waals surface area contributed by atoms with Gasteiger partial charge in [-0.1, -0.05) is 31.5 Å². The molecule has 2 heterocycles. The molecule has 0 radical (unpaired) electrons. The third kappa shape index (κ3) is 7.00. The summed E-state index contributed by atoms with van der Waals surface area (Å²) in [6.45, 7) is 7.98. The van der Waals surface area contributed by atoms with Crippen molar-refractivity contribution in [2.24, 2.45) is 11.7 Å². The lowest BCUT2D eigenvalue weighted by molar-refractivity contribution is -0.143. The fraction of sp³-hybridized carbons (Fsp3) is 0.516. The molecule has 0 bridgehead atoms. The standard InChI is InChI=1S/C31H42N4O6/c1-4-6-13-35(24-9-7-8-22(15-24)17-32)29(37)19-34-18-25(23-10-11-27-28(16-23)41-20-40-27)30(31(38)39)26(34)12-14-33(5-2)21(3)36/h7-11,15-16,25-26,30H,4-6,12-14,17-20,32H2,1-3H3,(H,38,39)/t25-,26+,30?/m1/s1. The Morgan fingerprint density at radius 3 is 2.54 bits per heavy atom. The largest absolute Gasteiger partial charge is 0.481 e. The number of carbonyl (C=O) groups excluding carboxylic acids is 2. The molecule has 2 aromatic carbocycles. The third-order valence-electron chi connectivity index (χ3n) is 8.21. The minimum Gasteiger partial charge on any atom is -0.481 e. The number of ether oxygens (including phenoxy) is 2. The van der Waals surface area contributed by atoms with Gasteiger partial charge in [0.05, 0.1) is 12.5 Å². The molecule has 10 heteroatoms. The molecule has 41 heavy (non-hydrogen) atoms. The van der Waals surface area contributed by atoms with E-state index < -0.39 is 17.9 Å². The Labute approximate surface area is 242 Å². The van der Waals surface area contributed by atoms with E-state index in [4.69, 9.17) is 15.2 Å². The first-order valence-corrected chi connectivity index (χ1v) is 14.5. The summed E-state index contributed by atoms with van der Waals surface area (Å²) in [4.78, 5) is 44.4. The molecule has 1 fully saturated rings. The highest BCUT2D eigenvalue weighted by molar-refractivity contribution is 5.95. The first kappa shape index (κ1) is 30.3. The predicted octanol–water partition coefficient (Wildman–Crippen LogP) is 3.43. The summed E-state index contributed by atoms with van der Waals surface area (Å²) >= 11 is 0. The number of anilines is 1. The van der Waals surface area contributed by atoms with Gasteiger partial charge in [0.15, 0.2) is 11.5 Å². The van der Waals surface area contributed by atoms with Crippen LogP contribution in [0.3, 0.4) is 0 Å². The summed E-state index contributed by atoms with van der Waals surface area (Å²) in [5, 5.41) is 10.5. The molecule has 1 unspecified atom stereocenters. The first-order valence-electron chi connectivity index (χ1n) is 14.5. The topological polar surface area (TPSA) is 126 Å². The molecule has 0 aliphatic carbocycles. The summed E-state index contributed by atoms with van der Waals surface area (Å²) in [6, 6.07) is 12.8. The van der Waals surface area contributed by atoms with Gasteiger partial charge in [-0.3, -0.25) is 19.3 Å². The Hall–Kier alpha value is -3.63. The van der Waals surface area contributed by atoms with Crippen molar-refractivity contribution in [1.82, 2.24) is 9.80 Å². The predicted molar refractivity (Wildman–Crippen MR) is 156 cm³/mol. The number of amides is 2. The minimum atomic E-state index is -0.919. The number of nitrogens with two attached hydrogens (primary N) is 1. The van der Waals surface area contributed by atoms with Crippen LogP contribution in [-0.4, -0.2) is 78.2 Å². The van der Waals surface area contributed by atoms with Crippen molar-refractivity contribution in [3.8, 4) is 11.5 Å². The number of fused-ring (bicyclic) bond motifs is 1. The second-order valence-electron chi connectivity index (χ2n) is 10.7. The number of nitrogens with zero attached hydrogens (tertiary/aromatic N) is 3. The second-order valence-corrected chi connectivity index (χ2v) is 10.7. The average Bonchev–Trinajstić information content (AvgIpc) is 3.58. The molecule has 2 aromatic rings. The molecule has 0 spiro atoms. The van der Waals surface area contributed by atoms with E-state index in [1.807, 2.05) is 54.3 Å². The highest BCUT2D eigenvalue weighted by Crippen LogP contribution is 2.42. The number of carboxylic acids is 1. The molecule has 0 saturated carbocycles. The van der Waals surface area contributed by atoms with Crippen LogP contribution in [-0.2, 0) is 20.9 Å². The van der Waals surface area contributed by atoms with Crippen LogP contribution < -0.4 is 20.1 Å². The summed E-state index contributed by atoms with van der Waals surface area (Å²) in [5.41, 5.74) is 8.43. The SMILES string of the molecule is CCCCN(C(=O)CN1C[C@H](c2ccc3c(c2)OCO3)C(C(=O)O)[C@@H]1CCN(CC)C(C)=O)c1cccc(CN)c1. The van der Waals surface area contributed by atoms with E-state index in [9.17, 15) is 19.5 Å². The van der Waals surface area contributed by atoms with Crippen LogP contribution in [0.2, 0.25) is 0 Å². The molecule has 3 N–H and O–H groups in total. The van der Waals surface area contributed by atoms with Crippen LogP contribution >= 0.6 is 0 Å². The Balaban J connectivity index is 1.65. The lowest BCUT2D eigenvalue weighted by Gasteiger charge is -2.31. The van der Waals surface area contributed by atoms with Crippen molar-refractivity contribution < 1.29 is 29.0 Å². The number of rotatable bonds is 13. The molecular formula is C31H42N4O6. The summed E-state index contributed by atoms with van der Waals surface area (Å²) in [6.07, 6.45) is 2.21. The number of carbonyl (C=O) groups is 3. The van der Waals surface area contributed by atoms with Gasteiger partial charge in [0.25, 0.3) is 0 Å². The Bertz CT molecular complexity index is 1240. The quantitative estimate of drug-likeness (QED) is 0.378. The molecule has 3 atom stereocenters. The van der Waals surface area contributed by atoms with Gasteiger partial charge in [-0.25, -0.2) is 0 Å². The van der Waals surface area contributed by atoms with Crippen LogP contribution in [0.15, 0.2) is 42.5 Å². The highest BCUT2D eigenvalue weighted by atomic mass is 16.7. The van der Waals surface area contributed by atoms with E-state index in [1.54, 1.807) is 9.80 Å². The van der Waals surface area contributed by atoms with Crippen LogP contribution in [0.5, 0.6) is 11.5 Å². The molecule has 10 nitrogen and oxygen atoms in total. The second kappa shape index (κ2) is 13.8. The van der Waals surface area contributed by atoms with Crippen molar-refractivity contribution in [2.75, 3.05) is 44.4 Å². The molecule has 222 valence electrons. The van der Waals surface area contributed by atoms with Crippen LogP contribution in [0, 0.1) is 5.92 Å². The van der Waals surface area contributed by atoms with Crippen LogP contribution in [0.4, 0.5) is 5.69 Å². The van der Waals surface area contributed by atoms with Crippen molar-refractivity contribution in [2.45, 2.75) is 58.5 Å². The number of hydrogen-bond acceptors (Lipinski definition) is 7. The number of unbranched alkanes of at least 4 members (excludes halogenated alkanes) is 1. The maximum Gasteiger partial charge on any atom is 0.308 e. The number of hydrogen-bond donors (Lipinski definition) is 2. The van der Waals surface area contributed by atoms with Crippen molar-refractivity contribution >= 4 is 23.5 Å². The number of likely N-dealkylation sites (tertiary alicyclic amines) is 1. The maximum atomic E-state index is 13.9. The maximum absolute atomic E-state index is 13.9. The van der Waals surface area contributed by atoms with Gasteiger partial charge in [0, 0.05) is 57.3 Å². The Morgan fingerprint density at radius 2 is 1.85 bits per heavy atom. The molecule has 2 aliphatic rings. The highest BCUT2D eigenvalue weighted by Gasteiger charge is 2.47.